The number of carbonyl (C=O) groups is 1. The maximum atomic E-state index is 12.3. The molecule has 0 bridgehead atoms. The maximum absolute atomic E-state index is 12.3. The van der Waals surface area contributed by atoms with Crippen molar-refractivity contribution < 1.29 is 9.72 Å². The molecule has 0 aliphatic rings. The van der Waals surface area contributed by atoms with Crippen molar-refractivity contribution in [3.63, 3.8) is 0 Å². The second-order valence-electron chi connectivity index (χ2n) is 6.10. The summed E-state index contributed by atoms with van der Waals surface area (Å²) in [6.07, 6.45) is 1.20. The predicted molar refractivity (Wildman–Crippen MR) is 95.9 cm³/mol. The van der Waals surface area contributed by atoms with Crippen molar-refractivity contribution in [3.05, 3.63) is 50.8 Å². The van der Waals surface area contributed by atoms with Gasteiger partial charge in [0.25, 0.3) is 5.91 Å². The first-order valence-corrected chi connectivity index (χ1v) is 8.11. The van der Waals surface area contributed by atoms with Gasteiger partial charge in [-0.2, -0.15) is 5.10 Å². The lowest BCUT2D eigenvalue weighted by atomic mass is 10.1. The van der Waals surface area contributed by atoms with Crippen LogP contribution in [0.2, 0.25) is 0 Å². The average Bonchev–Trinajstić information content (AvgIpc) is 2.96. The molecule has 0 unspecified atom stereocenters. The van der Waals surface area contributed by atoms with Gasteiger partial charge in [-0.25, -0.2) is 0 Å². The molecular weight excluding hydrogens is 322 g/mol. The molecule has 25 heavy (non-hydrogen) atoms. The topological polar surface area (TPSA) is 104 Å². The van der Waals surface area contributed by atoms with Gasteiger partial charge in [-0.3, -0.25) is 20.0 Å². The zero-order valence-corrected chi connectivity index (χ0v) is 14.9. The molecule has 0 saturated heterocycles. The first-order valence-electron chi connectivity index (χ1n) is 8.11. The van der Waals surface area contributed by atoms with E-state index in [0.717, 1.165) is 23.2 Å². The molecule has 8 nitrogen and oxygen atoms in total. The van der Waals surface area contributed by atoms with Crippen LogP contribution in [0, 0.1) is 17.0 Å². The summed E-state index contributed by atoms with van der Waals surface area (Å²) in [4.78, 5) is 25.0. The van der Waals surface area contributed by atoms with Crippen LogP contribution in [0.4, 0.5) is 11.4 Å². The van der Waals surface area contributed by atoms with E-state index in [-0.39, 0.29) is 17.9 Å². The molecule has 8 heteroatoms. The summed E-state index contributed by atoms with van der Waals surface area (Å²) in [7, 11) is 3.93. The number of H-pyrrole nitrogens is 1. The summed E-state index contributed by atoms with van der Waals surface area (Å²) in [6.45, 7) is 4.18. The fourth-order valence-electron chi connectivity index (χ4n) is 2.75. The molecule has 0 aliphatic heterocycles. The lowest BCUT2D eigenvalue weighted by Gasteiger charge is -2.16. The molecule has 0 aliphatic carbocycles. The zero-order valence-electron chi connectivity index (χ0n) is 14.9. The van der Waals surface area contributed by atoms with Crippen molar-refractivity contribution in [3.8, 4) is 0 Å². The molecule has 1 aromatic carbocycles. The van der Waals surface area contributed by atoms with Gasteiger partial charge in [0.1, 0.15) is 5.69 Å². The molecule has 0 radical (unpaired) electrons. The Balaban J connectivity index is 2.13. The van der Waals surface area contributed by atoms with Crippen LogP contribution < -0.4 is 10.2 Å². The van der Waals surface area contributed by atoms with Gasteiger partial charge in [0.05, 0.1) is 4.92 Å². The third-order valence-corrected chi connectivity index (χ3v) is 3.91. The van der Waals surface area contributed by atoms with Crippen LogP contribution in [0.25, 0.3) is 0 Å². The molecule has 2 aromatic rings. The highest BCUT2D eigenvalue weighted by atomic mass is 16.6. The van der Waals surface area contributed by atoms with Crippen molar-refractivity contribution in [1.82, 2.24) is 15.5 Å². The van der Waals surface area contributed by atoms with E-state index < -0.39 is 10.8 Å². The summed E-state index contributed by atoms with van der Waals surface area (Å²) < 4.78 is 0. The van der Waals surface area contributed by atoms with E-state index >= 15 is 0 Å². The number of nitro groups is 1. The van der Waals surface area contributed by atoms with E-state index in [9.17, 15) is 14.9 Å². The number of aromatic nitrogens is 2. The number of nitrogens with zero attached hydrogens (tertiary/aromatic N) is 3. The fourth-order valence-corrected chi connectivity index (χ4v) is 2.75. The van der Waals surface area contributed by atoms with Gasteiger partial charge in [-0.05, 0) is 30.5 Å². The van der Waals surface area contributed by atoms with Crippen LogP contribution >= 0.6 is 0 Å². The molecule has 1 heterocycles. The van der Waals surface area contributed by atoms with Crippen LogP contribution in [0.5, 0.6) is 0 Å². The van der Waals surface area contributed by atoms with Gasteiger partial charge < -0.3 is 10.2 Å². The Hall–Kier alpha value is -2.90. The van der Waals surface area contributed by atoms with Gasteiger partial charge in [0.15, 0.2) is 0 Å². The van der Waals surface area contributed by atoms with Crippen LogP contribution in [0.15, 0.2) is 18.2 Å². The molecular formula is C17H23N5O3. The maximum Gasteiger partial charge on any atom is 0.322 e. The van der Waals surface area contributed by atoms with Crippen LogP contribution in [0.1, 0.15) is 40.7 Å². The average molecular weight is 345 g/mol. The number of amides is 1. The summed E-state index contributed by atoms with van der Waals surface area (Å²) in [5.74, 6) is -0.556. The zero-order chi connectivity index (χ0) is 18.6. The Morgan fingerprint density at radius 3 is 2.68 bits per heavy atom. The Morgan fingerprint density at radius 1 is 1.40 bits per heavy atom. The van der Waals surface area contributed by atoms with Gasteiger partial charge in [0, 0.05) is 26.3 Å². The number of hydrogen-bond donors (Lipinski definition) is 2. The molecule has 0 spiro atoms. The predicted octanol–water partition coefficient (Wildman–Crippen LogP) is 2.57. The minimum absolute atomic E-state index is 0.171. The summed E-state index contributed by atoms with van der Waals surface area (Å²) in [6, 6.07) is 5.88. The van der Waals surface area contributed by atoms with E-state index in [1.807, 2.05) is 51.0 Å². The summed E-state index contributed by atoms with van der Waals surface area (Å²) in [5.41, 5.74) is 3.08. The first-order chi connectivity index (χ1) is 11.8. The van der Waals surface area contributed by atoms with Gasteiger partial charge in [-0.1, -0.05) is 25.5 Å². The normalized spacial score (nSPS) is 10.6. The molecule has 1 amide bonds. The quantitative estimate of drug-likeness (QED) is 0.593. The fraction of sp³-hybridized carbons (Fsp3) is 0.412. The Bertz CT molecular complexity index is 783. The van der Waals surface area contributed by atoms with Crippen LogP contribution in [0.3, 0.4) is 0 Å². The Morgan fingerprint density at radius 2 is 2.12 bits per heavy atom. The summed E-state index contributed by atoms with van der Waals surface area (Å²) in [5, 5.41) is 20.4. The molecule has 0 fully saturated rings. The molecule has 0 atom stereocenters. The van der Waals surface area contributed by atoms with Crippen molar-refractivity contribution >= 4 is 17.3 Å². The second kappa shape index (κ2) is 7.78. The van der Waals surface area contributed by atoms with Gasteiger partial charge in [0.2, 0.25) is 5.69 Å². The van der Waals surface area contributed by atoms with E-state index in [1.54, 1.807) is 0 Å². The highest BCUT2D eigenvalue weighted by Gasteiger charge is 2.28. The van der Waals surface area contributed by atoms with Crippen molar-refractivity contribution in [2.45, 2.75) is 33.2 Å². The highest BCUT2D eigenvalue weighted by molar-refractivity contribution is 5.96. The minimum Gasteiger partial charge on any atom is -0.377 e. The third-order valence-electron chi connectivity index (χ3n) is 3.91. The number of carbonyl (C=O) groups excluding carboxylic acids is 1. The Kier molecular flexibility index (Phi) is 5.74. The molecule has 1 aromatic heterocycles. The smallest absolute Gasteiger partial charge is 0.322 e. The van der Waals surface area contributed by atoms with Crippen molar-refractivity contribution in [2.24, 2.45) is 0 Å². The summed E-state index contributed by atoms with van der Waals surface area (Å²) >= 11 is 0. The number of rotatable bonds is 7. The highest BCUT2D eigenvalue weighted by Crippen LogP contribution is 2.23. The van der Waals surface area contributed by atoms with Gasteiger partial charge >= 0.3 is 5.69 Å². The second-order valence-corrected chi connectivity index (χ2v) is 6.10. The molecule has 0 saturated carbocycles. The third kappa shape index (κ3) is 4.14. The van der Waals surface area contributed by atoms with Crippen LogP contribution in [-0.2, 0) is 13.0 Å². The number of aryl methyl sites for hydroxylation is 2. The van der Waals surface area contributed by atoms with E-state index in [4.69, 9.17) is 0 Å². The van der Waals surface area contributed by atoms with Crippen LogP contribution in [-0.4, -0.2) is 35.1 Å². The van der Waals surface area contributed by atoms with Crippen molar-refractivity contribution in [1.29, 1.82) is 0 Å². The molecule has 134 valence electrons. The number of aromatic amines is 1. The number of benzene rings is 1. The first kappa shape index (κ1) is 18.4. The number of nitrogens with one attached hydrogen (secondary N) is 2. The van der Waals surface area contributed by atoms with Gasteiger partial charge in [-0.15, -0.1) is 0 Å². The minimum atomic E-state index is -0.556. The van der Waals surface area contributed by atoms with E-state index in [0.29, 0.717) is 12.1 Å². The largest absolute Gasteiger partial charge is 0.377 e. The molecule has 2 N–H and O–H groups in total. The molecule has 2 rings (SSSR count). The van der Waals surface area contributed by atoms with Crippen molar-refractivity contribution in [2.75, 3.05) is 19.0 Å². The standard InChI is InChI=1S/C17H23N5O3/c1-5-6-13-16(22(24)25)15(20-19-13)17(23)18-10-12-7-8-14(21(3)4)11(2)9-12/h7-9H,5-6,10H2,1-4H3,(H,18,23)(H,19,20). The SMILES string of the molecule is CCCc1[nH]nc(C(=O)NCc2ccc(N(C)C)c(C)c2)c1[N+](=O)[O-]. The lowest BCUT2D eigenvalue weighted by Crippen LogP contribution is -2.24. The monoisotopic (exact) mass is 345 g/mol. The van der Waals surface area contributed by atoms with E-state index in [2.05, 4.69) is 15.5 Å². The number of anilines is 1. The Labute approximate surface area is 146 Å². The van der Waals surface area contributed by atoms with E-state index in [1.165, 1.54) is 0 Å². The lowest BCUT2D eigenvalue weighted by molar-refractivity contribution is -0.385. The number of hydrogen-bond acceptors (Lipinski definition) is 5.